The highest BCUT2D eigenvalue weighted by atomic mass is 35.5. The number of nitrogens with zero attached hydrogens (tertiary/aromatic N) is 8. The Morgan fingerprint density at radius 3 is 1.68 bits per heavy atom. The summed E-state index contributed by atoms with van der Waals surface area (Å²) >= 11 is 5.81. The van der Waals surface area contributed by atoms with Gasteiger partial charge in [0, 0.05) is 32.6 Å². The lowest BCUT2D eigenvalue weighted by Crippen LogP contribution is -2.80. The van der Waals surface area contributed by atoms with Crippen LogP contribution in [0.3, 0.4) is 0 Å². The van der Waals surface area contributed by atoms with Crippen LogP contribution < -0.4 is 21.3 Å². The molecule has 0 radical (unpaired) electrons. The number of nitrogens with one attached hydrogen (secondary N) is 1. The summed E-state index contributed by atoms with van der Waals surface area (Å²) < 4.78 is 82.2. The first-order valence-electron chi connectivity index (χ1n) is 19.5. The van der Waals surface area contributed by atoms with Crippen molar-refractivity contribution < 1.29 is 55.4 Å². The molecule has 66 heavy (non-hydrogen) atoms. The maximum atomic E-state index is 13.0. The van der Waals surface area contributed by atoms with Gasteiger partial charge in [0.15, 0.2) is 11.1 Å². The summed E-state index contributed by atoms with van der Waals surface area (Å²) in [4.78, 5) is 65.6. The number of anilines is 2. The quantitative estimate of drug-likeness (QED) is 0.110. The minimum Gasteiger partial charge on any atom is -0.464 e. The lowest BCUT2D eigenvalue weighted by molar-refractivity contribution is -0.166. The second kappa shape index (κ2) is 21.3. The molecule has 23 heteroatoms. The zero-order chi connectivity index (χ0) is 47.7. The molecule has 2 aromatic heterocycles. The van der Waals surface area contributed by atoms with Crippen molar-refractivity contribution in [3.63, 3.8) is 0 Å². The van der Waals surface area contributed by atoms with Crippen molar-refractivity contribution in [1.29, 1.82) is 10.5 Å². The van der Waals surface area contributed by atoms with Crippen LogP contribution in [0.1, 0.15) is 40.3 Å². The Balaban J connectivity index is 0.000000275. The third-order valence-electron chi connectivity index (χ3n) is 10.7. The molecular weight excluding hydrogens is 902 g/mol. The number of carbonyl (C=O) groups excluding carboxylic acids is 4. The molecule has 7 rings (SSSR count). The van der Waals surface area contributed by atoms with Gasteiger partial charge >= 0.3 is 18.3 Å². The van der Waals surface area contributed by atoms with E-state index in [0.29, 0.717) is 33.9 Å². The topological polar surface area (TPSA) is 231 Å². The van der Waals surface area contributed by atoms with E-state index in [4.69, 9.17) is 32.0 Å². The van der Waals surface area contributed by atoms with E-state index in [0.717, 1.165) is 31.4 Å². The van der Waals surface area contributed by atoms with E-state index in [1.165, 1.54) is 46.5 Å². The van der Waals surface area contributed by atoms with Crippen LogP contribution in [0.2, 0.25) is 0 Å². The summed E-state index contributed by atoms with van der Waals surface area (Å²) in [6, 6.07) is 19.3. The van der Waals surface area contributed by atoms with Crippen molar-refractivity contribution in [2.24, 2.45) is 0 Å². The molecular formula is C43H43ClF6N10O6. The summed E-state index contributed by atoms with van der Waals surface area (Å²) in [5.41, 5.74) is -2.41. The molecule has 5 N–H and O–H groups in total. The highest BCUT2D eigenvalue weighted by molar-refractivity contribution is 6.27. The van der Waals surface area contributed by atoms with E-state index >= 15 is 0 Å². The molecule has 0 aliphatic carbocycles. The molecule has 3 fully saturated rings. The lowest BCUT2D eigenvalue weighted by atomic mass is 9.84. The van der Waals surface area contributed by atoms with Crippen molar-refractivity contribution in [2.75, 3.05) is 62.1 Å². The van der Waals surface area contributed by atoms with Gasteiger partial charge in [-0.25, -0.2) is 14.8 Å². The molecule has 0 bridgehead atoms. The Morgan fingerprint density at radius 2 is 1.27 bits per heavy atom. The SMILES string of the molecule is CCOC(=O)C1(N(Cc2ccc(C(F)(F)F)cc2)C(=O)CCl)CN(c2ccc(C#N)cn2)C1.CO.N.N#Cc1ccc(N2CC3(C2)C(=O)NCC(=O)N3Cc2ccc(C(F)(F)F)cc2)nc1. The molecule has 3 saturated heterocycles. The molecule has 0 saturated carbocycles. The average Bonchev–Trinajstić information content (AvgIpc) is 3.27. The van der Waals surface area contributed by atoms with E-state index in [9.17, 15) is 45.5 Å². The number of aliphatic hydroxyl groups excluding tert-OH is 1. The van der Waals surface area contributed by atoms with Crippen LogP contribution in [0.25, 0.3) is 0 Å². The Kier molecular flexibility index (Phi) is 16.7. The van der Waals surface area contributed by atoms with Gasteiger partial charge in [-0.3, -0.25) is 14.4 Å². The van der Waals surface area contributed by atoms with Gasteiger partial charge < -0.3 is 40.9 Å². The monoisotopic (exact) mass is 944 g/mol. The fourth-order valence-electron chi connectivity index (χ4n) is 7.29. The van der Waals surface area contributed by atoms with E-state index in [2.05, 4.69) is 15.3 Å². The third kappa shape index (κ3) is 11.1. The van der Waals surface area contributed by atoms with Crippen LogP contribution in [0.5, 0.6) is 0 Å². The summed E-state index contributed by atoms with van der Waals surface area (Å²) in [7, 11) is 1.00. The van der Waals surface area contributed by atoms with Crippen molar-refractivity contribution >= 4 is 46.9 Å². The fourth-order valence-corrected chi connectivity index (χ4v) is 7.44. The Bertz CT molecular complexity index is 2420. The minimum atomic E-state index is -4.49. The van der Waals surface area contributed by atoms with Crippen LogP contribution in [-0.4, -0.2) is 112 Å². The average molecular weight is 945 g/mol. The van der Waals surface area contributed by atoms with Crippen molar-refractivity contribution in [1.82, 2.24) is 31.2 Å². The molecule has 4 aromatic rings. The number of halogens is 7. The zero-order valence-corrected chi connectivity index (χ0v) is 36.1. The molecule has 350 valence electrons. The predicted molar refractivity (Wildman–Crippen MR) is 225 cm³/mol. The fraction of sp³-hybridized carbons (Fsp3) is 0.349. The maximum absolute atomic E-state index is 13.0. The van der Waals surface area contributed by atoms with Crippen LogP contribution in [-0.2, 0) is 49.4 Å². The number of alkyl halides is 7. The smallest absolute Gasteiger partial charge is 0.416 e. The largest absolute Gasteiger partial charge is 0.464 e. The summed E-state index contributed by atoms with van der Waals surface area (Å²) in [6.45, 7) is 1.95. The van der Waals surface area contributed by atoms with Crippen molar-refractivity contribution in [3.8, 4) is 12.1 Å². The maximum Gasteiger partial charge on any atom is 0.416 e. The van der Waals surface area contributed by atoms with Gasteiger partial charge in [0.2, 0.25) is 17.7 Å². The Hall–Kier alpha value is -7.01. The van der Waals surface area contributed by atoms with Gasteiger partial charge in [0.1, 0.15) is 29.7 Å². The molecule has 3 amide bonds. The standard InChI is InChI=1S/C22H20ClF3N4O3.C20H16F3N5O2.CH4O.H3N/c1-2-33-20(32)21(13-29(14-21)18-8-5-16(10-27)11-28-18)30(19(31)9-23)12-15-3-6-17(7-4-15)22(24,25)26;21-20(22,23)15-4-1-13(2-5-15)10-28-17(29)9-26-18(30)19(28)11-27(12-19)16-6-3-14(7-24)8-25-16;1-2;/h3-8,11H,2,9,12-14H2,1H3;1-6,8H,9-12H2,(H,26,30);2H,1H3;1H3. The predicted octanol–water partition coefficient (Wildman–Crippen LogP) is 4.82. The first-order chi connectivity index (χ1) is 30.9. The summed E-state index contributed by atoms with van der Waals surface area (Å²) in [5.74, 6) is -1.16. The third-order valence-corrected chi connectivity index (χ3v) is 10.9. The van der Waals surface area contributed by atoms with Crippen LogP contribution in [0.15, 0.2) is 85.2 Å². The number of ether oxygens (including phenoxy) is 1. The zero-order valence-electron chi connectivity index (χ0n) is 35.4. The Labute approximate surface area is 379 Å². The number of aliphatic hydroxyl groups is 1. The van der Waals surface area contributed by atoms with Gasteiger partial charge in [0.05, 0.1) is 61.6 Å². The van der Waals surface area contributed by atoms with Crippen LogP contribution in [0.4, 0.5) is 38.0 Å². The number of hydrogen-bond donors (Lipinski definition) is 3. The van der Waals surface area contributed by atoms with E-state index in [1.807, 2.05) is 12.1 Å². The Morgan fingerprint density at radius 1 is 0.803 bits per heavy atom. The number of hydrogen-bond acceptors (Lipinski definition) is 13. The van der Waals surface area contributed by atoms with Crippen LogP contribution in [0, 0.1) is 22.7 Å². The number of esters is 1. The van der Waals surface area contributed by atoms with E-state index in [1.54, 1.807) is 41.0 Å². The van der Waals surface area contributed by atoms with Gasteiger partial charge in [-0.15, -0.1) is 11.6 Å². The van der Waals surface area contributed by atoms with Gasteiger partial charge in [-0.05, 0) is 66.6 Å². The number of benzene rings is 2. The number of pyridine rings is 2. The minimum absolute atomic E-state index is 0. The van der Waals surface area contributed by atoms with Crippen molar-refractivity contribution in [2.45, 2.75) is 43.4 Å². The number of carbonyl (C=O) groups is 4. The number of aromatic nitrogens is 2. The molecule has 2 aromatic carbocycles. The highest BCUT2D eigenvalue weighted by Gasteiger charge is 2.58. The van der Waals surface area contributed by atoms with Gasteiger partial charge in [0.25, 0.3) is 0 Å². The van der Waals surface area contributed by atoms with Crippen LogP contribution >= 0.6 is 11.6 Å². The summed E-state index contributed by atoms with van der Waals surface area (Å²) in [5, 5.41) is 27.4. The van der Waals surface area contributed by atoms with Crippen molar-refractivity contribution in [3.05, 3.63) is 119 Å². The number of nitriles is 2. The first kappa shape index (κ1) is 51.6. The number of piperazine rings is 1. The number of amides is 3. The van der Waals surface area contributed by atoms with Gasteiger partial charge in [-0.1, -0.05) is 24.3 Å². The normalized spacial score (nSPS) is 15.7. The first-order valence-corrected chi connectivity index (χ1v) is 20.0. The molecule has 1 spiro atoms. The van der Waals surface area contributed by atoms with E-state index < -0.39 is 52.3 Å². The number of rotatable bonds is 10. The molecule has 3 aliphatic rings. The molecule has 16 nitrogen and oxygen atoms in total. The molecule has 5 heterocycles. The molecule has 0 atom stereocenters. The lowest BCUT2D eigenvalue weighted by Gasteiger charge is -2.56. The van der Waals surface area contributed by atoms with E-state index in [-0.39, 0.29) is 70.4 Å². The second-order valence-corrected chi connectivity index (χ2v) is 15.0. The summed E-state index contributed by atoms with van der Waals surface area (Å²) in [6.07, 6.45) is -6.11. The highest BCUT2D eigenvalue weighted by Crippen LogP contribution is 2.37. The molecule has 0 unspecified atom stereocenters. The second-order valence-electron chi connectivity index (χ2n) is 14.7. The van der Waals surface area contributed by atoms with Gasteiger partial charge in [-0.2, -0.15) is 36.9 Å². The molecule has 3 aliphatic heterocycles.